The lowest BCUT2D eigenvalue weighted by atomic mass is 9.88. The molecule has 3 heteroatoms. The highest BCUT2D eigenvalue weighted by molar-refractivity contribution is 5.57. The van der Waals surface area contributed by atoms with E-state index in [0.717, 1.165) is 24.0 Å². The minimum atomic E-state index is 0.585. The summed E-state index contributed by atoms with van der Waals surface area (Å²) < 4.78 is 5.75. The molecule has 3 rings (SSSR count). The molecule has 0 aromatic heterocycles. The molecule has 1 aliphatic heterocycles. The predicted octanol–water partition coefficient (Wildman–Crippen LogP) is 3.81. The largest absolute Gasteiger partial charge is 0.492 e. The van der Waals surface area contributed by atoms with Gasteiger partial charge in [-0.3, -0.25) is 0 Å². The Kier molecular flexibility index (Phi) is 5.02. The SMILES string of the molecule is CCOc1ccccc1NC1CCCC1C1CCCCN1. The summed E-state index contributed by atoms with van der Waals surface area (Å²) in [4.78, 5) is 0. The average molecular weight is 288 g/mol. The van der Waals surface area contributed by atoms with Gasteiger partial charge in [-0.2, -0.15) is 0 Å². The van der Waals surface area contributed by atoms with Crippen LogP contribution in [0.25, 0.3) is 0 Å². The highest BCUT2D eigenvalue weighted by atomic mass is 16.5. The smallest absolute Gasteiger partial charge is 0.142 e. The average Bonchev–Trinajstić information content (AvgIpc) is 2.99. The van der Waals surface area contributed by atoms with Gasteiger partial charge in [0, 0.05) is 12.1 Å². The van der Waals surface area contributed by atoms with E-state index in [0.29, 0.717) is 12.1 Å². The minimum Gasteiger partial charge on any atom is -0.492 e. The van der Waals surface area contributed by atoms with E-state index in [2.05, 4.69) is 28.8 Å². The maximum absolute atomic E-state index is 5.75. The number of nitrogens with one attached hydrogen (secondary N) is 2. The molecule has 1 heterocycles. The Hall–Kier alpha value is -1.22. The summed E-state index contributed by atoms with van der Waals surface area (Å²) in [7, 11) is 0. The van der Waals surface area contributed by atoms with Gasteiger partial charge in [0.15, 0.2) is 0 Å². The summed E-state index contributed by atoms with van der Waals surface area (Å²) >= 11 is 0. The zero-order chi connectivity index (χ0) is 14.5. The van der Waals surface area contributed by atoms with Crippen molar-refractivity contribution in [3.63, 3.8) is 0 Å². The molecule has 3 nitrogen and oxygen atoms in total. The van der Waals surface area contributed by atoms with E-state index in [1.165, 1.54) is 45.1 Å². The molecule has 0 spiro atoms. The van der Waals surface area contributed by atoms with Gasteiger partial charge in [0.1, 0.15) is 5.75 Å². The number of anilines is 1. The normalized spacial score (nSPS) is 29.3. The van der Waals surface area contributed by atoms with Gasteiger partial charge in [-0.15, -0.1) is 0 Å². The Bertz CT molecular complexity index is 443. The van der Waals surface area contributed by atoms with Crippen molar-refractivity contribution in [2.24, 2.45) is 5.92 Å². The fraction of sp³-hybridized carbons (Fsp3) is 0.667. The van der Waals surface area contributed by atoms with Gasteiger partial charge in [0.05, 0.1) is 12.3 Å². The van der Waals surface area contributed by atoms with Crippen molar-refractivity contribution in [2.75, 3.05) is 18.5 Å². The third-order valence-corrected chi connectivity index (χ3v) is 4.96. The van der Waals surface area contributed by atoms with Gasteiger partial charge < -0.3 is 15.4 Å². The van der Waals surface area contributed by atoms with Crippen LogP contribution in [0, 0.1) is 5.92 Å². The maximum Gasteiger partial charge on any atom is 0.142 e. The maximum atomic E-state index is 5.75. The standard InChI is InChI=1S/C18H28N2O/c1-2-21-18-12-4-3-10-17(18)20-16-11-7-8-14(16)15-9-5-6-13-19-15/h3-4,10,12,14-16,19-20H,2,5-9,11,13H2,1H3. The molecule has 0 amide bonds. The lowest BCUT2D eigenvalue weighted by Gasteiger charge is -2.33. The van der Waals surface area contributed by atoms with Crippen molar-refractivity contribution in [1.29, 1.82) is 0 Å². The fourth-order valence-electron chi connectivity index (χ4n) is 3.96. The monoisotopic (exact) mass is 288 g/mol. The van der Waals surface area contributed by atoms with Crippen LogP contribution in [0.4, 0.5) is 5.69 Å². The van der Waals surface area contributed by atoms with Crippen molar-refractivity contribution in [2.45, 2.75) is 57.5 Å². The summed E-state index contributed by atoms with van der Waals surface area (Å²) in [6.45, 7) is 3.96. The molecule has 2 fully saturated rings. The number of ether oxygens (including phenoxy) is 1. The van der Waals surface area contributed by atoms with Crippen LogP contribution in [0.15, 0.2) is 24.3 Å². The molecule has 1 aliphatic carbocycles. The van der Waals surface area contributed by atoms with Crippen LogP contribution in [-0.4, -0.2) is 25.2 Å². The molecular weight excluding hydrogens is 260 g/mol. The summed E-state index contributed by atoms with van der Waals surface area (Å²) in [5.74, 6) is 1.75. The van der Waals surface area contributed by atoms with Crippen LogP contribution >= 0.6 is 0 Å². The van der Waals surface area contributed by atoms with E-state index >= 15 is 0 Å². The van der Waals surface area contributed by atoms with Crippen molar-refractivity contribution >= 4 is 5.69 Å². The summed E-state index contributed by atoms with van der Waals surface area (Å²) in [5, 5.41) is 7.52. The van der Waals surface area contributed by atoms with Gasteiger partial charge >= 0.3 is 0 Å². The predicted molar refractivity (Wildman–Crippen MR) is 88.0 cm³/mol. The zero-order valence-electron chi connectivity index (χ0n) is 13.1. The molecule has 2 aliphatic rings. The Labute approximate surface area is 128 Å². The first-order chi connectivity index (χ1) is 10.4. The van der Waals surface area contributed by atoms with Crippen LogP contribution in [0.5, 0.6) is 5.75 Å². The third kappa shape index (κ3) is 3.52. The first-order valence-electron chi connectivity index (χ1n) is 8.60. The molecule has 116 valence electrons. The van der Waals surface area contributed by atoms with E-state index < -0.39 is 0 Å². The molecule has 1 saturated heterocycles. The minimum absolute atomic E-state index is 0.585. The third-order valence-electron chi connectivity index (χ3n) is 4.96. The van der Waals surface area contributed by atoms with E-state index in [4.69, 9.17) is 4.74 Å². The topological polar surface area (TPSA) is 33.3 Å². The lowest BCUT2D eigenvalue weighted by Crippen LogP contribution is -2.44. The molecule has 21 heavy (non-hydrogen) atoms. The second kappa shape index (κ2) is 7.17. The van der Waals surface area contributed by atoms with Crippen molar-refractivity contribution in [3.05, 3.63) is 24.3 Å². The molecule has 1 saturated carbocycles. The van der Waals surface area contributed by atoms with Gasteiger partial charge in [0.25, 0.3) is 0 Å². The van der Waals surface area contributed by atoms with Crippen LogP contribution in [0.3, 0.4) is 0 Å². The lowest BCUT2D eigenvalue weighted by molar-refractivity contribution is 0.285. The van der Waals surface area contributed by atoms with Crippen molar-refractivity contribution in [1.82, 2.24) is 5.32 Å². The van der Waals surface area contributed by atoms with Gasteiger partial charge in [-0.05, 0) is 57.2 Å². The highest BCUT2D eigenvalue weighted by Crippen LogP contribution is 2.35. The molecule has 1 aromatic carbocycles. The Morgan fingerprint density at radius 1 is 1.14 bits per heavy atom. The summed E-state index contributed by atoms with van der Waals surface area (Å²) in [6, 6.07) is 9.64. The number of hydrogen-bond acceptors (Lipinski definition) is 3. The Morgan fingerprint density at radius 3 is 2.86 bits per heavy atom. The molecule has 1 aromatic rings. The number of hydrogen-bond donors (Lipinski definition) is 2. The fourth-order valence-corrected chi connectivity index (χ4v) is 3.96. The first kappa shape index (κ1) is 14.7. The van der Waals surface area contributed by atoms with E-state index in [-0.39, 0.29) is 0 Å². The Morgan fingerprint density at radius 2 is 2.05 bits per heavy atom. The van der Waals surface area contributed by atoms with Gasteiger partial charge in [-0.25, -0.2) is 0 Å². The first-order valence-corrected chi connectivity index (χ1v) is 8.60. The van der Waals surface area contributed by atoms with Crippen LogP contribution < -0.4 is 15.4 Å². The number of benzene rings is 1. The van der Waals surface area contributed by atoms with E-state index in [1.54, 1.807) is 0 Å². The number of piperidine rings is 1. The Balaban J connectivity index is 1.68. The van der Waals surface area contributed by atoms with Crippen LogP contribution in [0.1, 0.15) is 45.4 Å². The molecule has 3 atom stereocenters. The zero-order valence-corrected chi connectivity index (χ0v) is 13.1. The molecule has 3 unspecified atom stereocenters. The molecule has 0 radical (unpaired) electrons. The highest BCUT2D eigenvalue weighted by Gasteiger charge is 2.34. The van der Waals surface area contributed by atoms with E-state index in [9.17, 15) is 0 Å². The van der Waals surface area contributed by atoms with Crippen LogP contribution in [0.2, 0.25) is 0 Å². The molecule has 2 N–H and O–H groups in total. The van der Waals surface area contributed by atoms with E-state index in [1.807, 2.05) is 13.0 Å². The quantitative estimate of drug-likeness (QED) is 0.864. The molecular formula is C18H28N2O. The summed E-state index contributed by atoms with van der Waals surface area (Å²) in [6.07, 6.45) is 8.05. The van der Waals surface area contributed by atoms with Crippen molar-refractivity contribution in [3.8, 4) is 5.75 Å². The van der Waals surface area contributed by atoms with Crippen LogP contribution in [-0.2, 0) is 0 Å². The second-order valence-electron chi connectivity index (χ2n) is 6.33. The second-order valence-corrected chi connectivity index (χ2v) is 6.33. The number of rotatable bonds is 5. The van der Waals surface area contributed by atoms with Gasteiger partial charge in [-0.1, -0.05) is 25.0 Å². The number of para-hydroxylation sites is 2. The molecule has 0 bridgehead atoms. The van der Waals surface area contributed by atoms with Gasteiger partial charge in [0.2, 0.25) is 0 Å². The van der Waals surface area contributed by atoms with Crippen molar-refractivity contribution < 1.29 is 4.74 Å². The summed E-state index contributed by atoms with van der Waals surface area (Å²) in [5.41, 5.74) is 1.16.